The maximum absolute atomic E-state index is 15.3. The van der Waals surface area contributed by atoms with Gasteiger partial charge in [-0.3, -0.25) is 9.59 Å². The number of ether oxygens (including phenoxy) is 2. The minimum absolute atomic E-state index is 0.0236. The number of para-hydroxylation sites is 1. The lowest BCUT2D eigenvalue weighted by atomic mass is 9.91. The summed E-state index contributed by atoms with van der Waals surface area (Å²) in [6, 6.07) is 19.2. The minimum Gasteiger partial charge on any atom is -0.507 e. The first-order valence-corrected chi connectivity index (χ1v) is 30.2. The maximum Gasteiger partial charge on any atom is 0.243 e. The van der Waals surface area contributed by atoms with Crippen molar-refractivity contribution in [1.82, 2.24) is 40.4 Å². The number of thiazole rings is 1. The van der Waals surface area contributed by atoms with Crippen molar-refractivity contribution in [2.75, 3.05) is 72.8 Å². The van der Waals surface area contributed by atoms with E-state index in [-0.39, 0.29) is 48.9 Å². The smallest absolute Gasteiger partial charge is 0.243 e. The summed E-state index contributed by atoms with van der Waals surface area (Å²) in [6.07, 6.45) is 9.57. The Morgan fingerprint density at radius 3 is 2.34 bits per heavy atom. The topological polar surface area (TPSA) is 225 Å². The van der Waals surface area contributed by atoms with Crippen molar-refractivity contribution in [3.63, 3.8) is 0 Å². The number of aromatic hydroxyl groups is 1. The van der Waals surface area contributed by atoms with Crippen molar-refractivity contribution in [1.29, 1.82) is 0 Å². The number of carbonyl (C=O) groups is 2. The number of nitrogens with two attached hydrogens (primary N) is 1. The Labute approximate surface area is 482 Å². The molecular formula is C61H75FN12O7S. The van der Waals surface area contributed by atoms with Crippen LogP contribution < -0.4 is 30.5 Å². The summed E-state index contributed by atoms with van der Waals surface area (Å²) in [5, 5.41) is 37.3. The third-order valence-corrected chi connectivity index (χ3v) is 19.0. The zero-order chi connectivity index (χ0) is 56.8. The molecule has 9 heterocycles. The van der Waals surface area contributed by atoms with E-state index in [4.69, 9.17) is 19.7 Å². The number of piperazine rings is 1. The molecule has 12 rings (SSSR count). The number of hydrogen-bond donors (Lipinski definition) is 4. The van der Waals surface area contributed by atoms with E-state index >= 15 is 4.39 Å². The number of phenols is 1. The van der Waals surface area contributed by atoms with Gasteiger partial charge < -0.3 is 59.8 Å². The fourth-order valence-corrected chi connectivity index (χ4v) is 14.3. The van der Waals surface area contributed by atoms with Gasteiger partial charge in [-0.1, -0.05) is 43.3 Å². The largest absolute Gasteiger partial charge is 0.507 e. The lowest BCUT2D eigenvalue weighted by Crippen LogP contribution is -2.54. The number of benzene rings is 2. The van der Waals surface area contributed by atoms with Gasteiger partial charge in [-0.15, -0.1) is 21.5 Å². The average molecular weight is 1140 g/mol. The number of aliphatic hydroxyl groups is 1. The number of phenolic OH excluding ortho intramolecular Hbond substituents is 1. The molecule has 2 bridgehead atoms. The van der Waals surface area contributed by atoms with Gasteiger partial charge in [-0.05, 0) is 100 Å². The molecule has 2 aromatic carbocycles. The van der Waals surface area contributed by atoms with Gasteiger partial charge in [0.05, 0.1) is 51.8 Å². The van der Waals surface area contributed by atoms with E-state index in [1.165, 1.54) is 22.3 Å². The fraction of sp³-hybridized carbons (Fsp3) is 0.525. The number of β-amino-alcohol motifs (C(OH)–C–C–N with tert-alkyl or cyclic N) is 1. The number of nitrogens with one attached hydrogen (secondary N) is 1. The number of rotatable bonds is 17. The molecule has 21 heteroatoms. The summed E-state index contributed by atoms with van der Waals surface area (Å²) in [5.74, 6) is 0.936. The highest BCUT2D eigenvalue weighted by Crippen LogP contribution is 2.41. The molecule has 6 fully saturated rings. The molecule has 2 unspecified atom stereocenters. The van der Waals surface area contributed by atoms with Crippen LogP contribution in [0.3, 0.4) is 0 Å². The molecular weight excluding hydrogens is 1060 g/mol. The second kappa shape index (κ2) is 23.7. The van der Waals surface area contributed by atoms with Gasteiger partial charge in [0.25, 0.3) is 0 Å². The number of hydrogen-bond acceptors (Lipinski definition) is 18. The lowest BCUT2D eigenvalue weighted by molar-refractivity contribution is -0.141. The van der Waals surface area contributed by atoms with Gasteiger partial charge in [0.2, 0.25) is 17.7 Å². The first-order chi connectivity index (χ1) is 39.7. The zero-order valence-electron chi connectivity index (χ0n) is 47.1. The summed E-state index contributed by atoms with van der Waals surface area (Å²) in [5.41, 5.74) is 13.1. The number of aryl methyl sites for hydroxylation is 1. The summed E-state index contributed by atoms with van der Waals surface area (Å²) in [6.45, 7) is 13.9. The summed E-state index contributed by atoms with van der Waals surface area (Å²) >= 11 is 1.37. The van der Waals surface area contributed by atoms with Crippen molar-refractivity contribution in [3.05, 3.63) is 101 Å². The van der Waals surface area contributed by atoms with Crippen LogP contribution in [0.15, 0.2) is 83.0 Å². The molecule has 0 radical (unpaired) electrons. The Bertz CT molecular complexity index is 3220. The Morgan fingerprint density at radius 1 is 0.854 bits per heavy atom. The second-order valence-electron chi connectivity index (χ2n) is 23.9. The first kappa shape index (κ1) is 55.6. The van der Waals surface area contributed by atoms with Crippen LogP contribution in [-0.2, 0) is 14.3 Å². The standard InChI is InChI=1S/C61H75FN12O7S/c1-35(2)57(61(78)73-33-43(75)25-52(73)60(77)66-36(3)39-9-12-47(49(62)23-39)58-37(4)65-34-82-58)54-29-55(69-81-54)71-21-14-38(15-22-71)30-70-19-16-44(17-20-70)79-45-26-46(27-45)80-56-24-40(13-18-64-56)74-41-10-11-42(74)32-72(31-41)51-28-50(67-68-59(51)63)48-7-5-6-8-53(48)76/h5-9,12-13,18,23-24,28-29,34-36,38,41-46,52,57,75-76H,10-11,14-17,19-22,25-27,30-33H2,1-4H3,(H2,63,68)(H,66,77)/t36-,41?,42?,43+,45-,46-,52-,57+/m0/s1. The molecule has 5 aliphatic heterocycles. The molecule has 4 aromatic heterocycles. The van der Waals surface area contributed by atoms with Crippen LogP contribution in [0.25, 0.3) is 21.7 Å². The lowest BCUT2D eigenvalue weighted by Gasteiger charge is -2.43. The molecule has 5 saturated heterocycles. The van der Waals surface area contributed by atoms with Crippen LogP contribution in [-0.4, -0.2) is 152 Å². The van der Waals surface area contributed by atoms with Gasteiger partial charge in [0, 0.05) is 119 Å². The quantitative estimate of drug-likeness (QED) is 0.0676. The van der Waals surface area contributed by atoms with Gasteiger partial charge in [-0.25, -0.2) is 14.4 Å². The van der Waals surface area contributed by atoms with Crippen LogP contribution in [0.4, 0.5) is 27.4 Å². The maximum atomic E-state index is 15.3. The van der Waals surface area contributed by atoms with Gasteiger partial charge >= 0.3 is 0 Å². The molecule has 5 N–H and O–H groups in total. The number of fused-ring (bicyclic) bond motifs is 2. The van der Waals surface area contributed by atoms with Crippen molar-refractivity contribution < 1.29 is 38.2 Å². The highest BCUT2D eigenvalue weighted by atomic mass is 32.1. The van der Waals surface area contributed by atoms with Crippen LogP contribution in [0.2, 0.25) is 0 Å². The third-order valence-electron chi connectivity index (χ3n) is 18.0. The first-order valence-electron chi connectivity index (χ1n) is 29.3. The monoisotopic (exact) mass is 1140 g/mol. The molecule has 434 valence electrons. The van der Waals surface area contributed by atoms with E-state index in [0.29, 0.717) is 63.7 Å². The molecule has 0 spiro atoms. The number of piperidine rings is 2. The van der Waals surface area contributed by atoms with Crippen molar-refractivity contribution in [2.45, 2.75) is 140 Å². The van der Waals surface area contributed by atoms with Crippen LogP contribution in [0.5, 0.6) is 11.6 Å². The van der Waals surface area contributed by atoms with Crippen molar-refractivity contribution in [3.8, 4) is 33.3 Å². The highest BCUT2D eigenvalue weighted by Gasteiger charge is 2.45. The van der Waals surface area contributed by atoms with Crippen molar-refractivity contribution >= 4 is 46.2 Å². The number of halogens is 1. The van der Waals surface area contributed by atoms with E-state index in [9.17, 15) is 19.8 Å². The Kier molecular flexibility index (Phi) is 16.1. The molecule has 6 atom stereocenters. The van der Waals surface area contributed by atoms with E-state index < -0.39 is 35.8 Å². The normalized spacial score (nSPS) is 24.2. The van der Waals surface area contributed by atoms with Crippen LogP contribution >= 0.6 is 11.3 Å². The number of aliphatic hydroxyl groups excluding tert-OH is 1. The third kappa shape index (κ3) is 11.7. The molecule has 6 aromatic rings. The van der Waals surface area contributed by atoms with Crippen LogP contribution in [0.1, 0.15) is 108 Å². The van der Waals surface area contributed by atoms with E-state index in [2.05, 4.69) is 62.4 Å². The number of aromatic nitrogens is 5. The van der Waals surface area contributed by atoms with E-state index in [1.807, 2.05) is 51.2 Å². The number of pyridine rings is 1. The second-order valence-corrected chi connectivity index (χ2v) is 24.8. The fourth-order valence-electron chi connectivity index (χ4n) is 13.5. The molecule has 6 aliphatic rings. The molecule has 82 heavy (non-hydrogen) atoms. The van der Waals surface area contributed by atoms with E-state index in [1.54, 1.807) is 36.7 Å². The molecule has 19 nitrogen and oxygen atoms in total. The van der Waals surface area contributed by atoms with Gasteiger partial charge in [0.15, 0.2) is 17.4 Å². The summed E-state index contributed by atoms with van der Waals surface area (Å²) < 4.78 is 34.3. The summed E-state index contributed by atoms with van der Waals surface area (Å²) in [4.78, 5) is 49.0. The SMILES string of the molecule is Cc1ncsc1-c1ccc([C@H](C)NC(=O)[C@@H]2C[C@@H](O)CN2C(=O)[C@@H](c2cc(N3CCC(CN4CCC(O[C@H]5C[C@H](Oc6cc(N7C8CCC7CN(c7cc(-c9ccccc9O)nnc7N)C8)ccn6)C5)CC4)CC3)no2)C(C)C)cc1F. The number of likely N-dealkylation sites (tertiary alicyclic amines) is 2. The van der Waals surface area contributed by atoms with Crippen LogP contribution in [0, 0.1) is 24.6 Å². The van der Waals surface area contributed by atoms with Gasteiger partial charge in [0.1, 0.15) is 29.6 Å². The molecule has 1 aliphatic carbocycles. The number of carbonyl (C=O) groups excluding carboxylic acids is 2. The van der Waals surface area contributed by atoms with Crippen molar-refractivity contribution in [2.24, 2.45) is 11.8 Å². The minimum atomic E-state index is -0.898. The molecule has 2 amide bonds. The number of anilines is 4. The number of amides is 2. The zero-order valence-corrected chi connectivity index (χ0v) is 48.0. The predicted octanol–water partition coefficient (Wildman–Crippen LogP) is 8.13. The Balaban J connectivity index is 0.566. The summed E-state index contributed by atoms with van der Waals surface area (Å²) in [7, 11) is 0. The Morgan fingerprint density at radius 2 is 1.62 bits per heavy atom. The Hall–Kier alpha value is -6.94. The van der Waals surface area contributed by atoms with Gasteiger partial charge in [-0.2, -0.15) is 0 Å². The van der Waals surface area contributed by atoms with E-state index in [0.717, 1.165) is 119 Å². The molecule has 1 saturated carbocycles. The highest BCUT2D eigenvalue weighted by molar-refractivity contribution is 7.13. The number of nitrogens with zero attached hydrogens (tertiary/aromatic N) is 10. The number of nitrogen functional groups attached to an aromatic ring is 1. The predicted molar refractivity (Wildman–Crippen MR) is 311 cm³/mol. The average Bonchev–Trinajstić information content (AvgIpc) is 4.29.